The topological polar surface area (TPSA) is 52.0 Å². The van der Waals surface area contributed by atoms with Crippen molar-refractivity contribution in [2.45, 2.75) is 129 Å². The second-order valence-electron chi connectivity index (χ2n) is 7.36. The molecule has 134 valence electrons. The smallest absolute Gasteiger partial charge is 0.00534 e. The van der Waals surface area contributed by atoms with Gasteiger partial charge in [0.2, 0.25) is 0 Å². The Balaban J connectivity index is 3.05. The van der Waals surface area contributed by atoms with Crippen LogP contribution in [0, 0.1) is 0 Å². The molecule has 2 heteroatoms. The van der Waals surface area contributed by atoms with E-state index >= 15 is 0 Å². The van der Waals surface area contributed by atoms with Crippen LogP contribution in [-0.2, 0) is 0 Å². The molecule has 0 aromatic heterocycles. The first kappa shape index (κ1) is 21.9. The molecule has 0 rings (SSSR count). The minimum atomic E-state index is 0.252. The molecule has 0 aromatic carbocycles. The normalized spacial score (nSPS) is 14.2. The monoisotopic (exact) mass is 312 g/mol. The molecule has 0 bridgehead atoms. The molecule has 0 amide bonds. The van der Waals surface area contributed by atoms with E-state index in [0.717, 1.165) is 12.8 Å². The highest BCUT2D eigenvalue weighted by Crippen LogP contribution is 2.14. The zero-order valence-electron chi connectivity index (χ0n) is 15.6. The molecule has 0 heterocycles. The van der Waals surface area contributed by atoms with Crippen LogP contribution >= 0.6 is 0 Å². The summed E-state index contributed by atoms with van der Waals surface area (Å²) in [7, 11) is 0. The van der Waals surface area contributed by atoms with Crippen LogP contribution < -0.4 is 11.5 Å². The Morgan fingerprint density at radius 2 is 0.955 bits per heavy atom. The van der Waals surface area contributed by atoms with E-state index in [1.165, 1.54) is 89.9 Å². The minimum absolute atomic E-state index is 0.252. The summed E-state index contributed by atoms with van der Waals surface area (Å²) in [6, 6.07) is 0.568. The first-order chi connectivity index (χ1) is 10.7. The standard InChI is InChI=1S/C20H44N2/c1-3-4-5-6-7-8-9-10-11-12-13-14-15-16-17-20(22)18-19(2)21/h19-20H,3-18,21-22H2,1-2H3. The van der Waals surface area contributed by atoms with Crippen molar-refractivity contribution >= 4 is 0 Å². The van der Waals surface area contributed by atoms with Crippen LogP contribution in [0.4, 0.5) is 0 Å². The lowest BCUT2D eigenvalue weighted by atomic mass is 10.0. The Kier molecular flexibility index (Phi) is 17.2. The number of unbranched alkanes of at least 4 members (excludes halogenated alkanes) is 13. The van der Waals surface area contributed by atoms with Gasteiger partial charge in [-0.1, -0.05) is 96.8 Å². The van der Waals surface area contributed by atoms with Gasteiger partial charge in [-0.25, -0.2) is 0 Å². The number of hydrogen-bond acceptors (Lipinski definition) is 2. The summed E-state index contributed by atoms with van der Waals surface area (Å²) < 4.78 is 0. The second-order valence-corrected chi connectivity index (χ2v) is 7.36. The summed E-state index contributed by atoms with van der Waals surface area (Å²) in [5.41, 5.74) is 11.8. The number of hydrogen-bond donors (Lipinski definition) is 2. The van der Waals surface area contributed by atoms with Gasteiger partial charge in [-0.15, -0.1) is 0 Å². The molecule has 2 nitrogen and oxygen atoms in total. The lowest BCUT2D eigenvalue weighted by Gasteiger charge is -2.13. The largest absolute Gasteiger partial charge is 0.328 e. The Bertz CT molecular complexity index is 204. The van der Waals surface area contributed by atoms with Gasteiger partial charge in [0.1, 0.15) is 0 Å². The third-order valence-corrected chi connectivity index (χ3v) is 4.60. The summed E-state index contributed by atoms with van der Waals surface area (Å²) >= 11 is 0. The first-order valence-corrected chi connectivity index (χ1v) is 10.2. The predicted octanol–water partition coefficient (Wildman–Crippen LogP) is 5.92. The number of rotatable bonds is 17. The molecule has 0 aliphatic heterocycles. The van der Waals surface area contributed by atoms with E-state index in [1.807, 2.05) is 6.92 Å². The van der Waals surface area contributed by atoms with Gasteiger partial charge >= 0.3 is 0 Å². The molecular formula is C20H44N2. The molecule has 2 unspecified atom stereocenters. The van der Waals surface area contributed by atoms with Crippen molar-refractivity contribution in [2.24, 2.45) is 11.5 Å². The highest BCUT2D eigenvalue weighted by molar-refractivity contribution is 4.67. The van der Waals surface area contributed by atoms with Crippen molar-refractivity contribution in [1.82, 2.24) is 0 Å². The third kappa shape index (κ3) is 18.0. The molecule has 0 aliphatic carbocycles. The lowest BCUT2D eigenvalue weighted by Crippen LogP contribution is -2.29. The summed E-state index contributed by atoms with van der Waals surface area (Å²) in [6.45, 7) is 4.33. The molecule has 0 fully saturated rings. The Labute approximate surface area is 140 Å². The van der Waals surface area contributed by atoms with Crippen LogP contribution in [0.25, 0.3) is 0 Å². The predicted molar refractivity (Wildman–Crippen MR) is 101 cm³/mol. The maximum Gasteiger partial charge on any atom is 0.00534 e. The summed E-state index contributed by atoms with van der Waals surface area (Å²) in [5.74, 6) is 0. The molecule has 0 spiro atoms. The van der Waals surface area contributed by atoms with Crippen LogP contribution in [0.5, 0.6) is 0 Å². The molecular weight excluding hydrogens is 268 g/mol. The van der Waals surface area contributed by atoms with Crippen LogP contribution in [0.3, 0.4) is 0 Å². The van der Waals surface area contributed by atoms with E-state index < -0.39 is 0 Å². The van der Waals surface area contributed by atoms with Crippen molar-refractivity contribution in [3.05, 3.63) is 0 Å². The van der Waals surface area contributed by atoms with E-state index in [0.29, 0.717) is 6.04 Å². The summed E-state index contributed by atoms with van der Waals surface area (Å²) in [4.78, 5) is 0. The maximum atomic E-state index is 6.04. The third-order valence-electron chi connectivity index (χ3n) is 4.60. The minimum Gasteiger partial charge on any atom is -0.328 e. The molecule has 0 aromatic rings. The van der Waals surface area contributed by atoms with Crippen LogP contribution in [-0.4, -0.2) is 12.1 Å². The van der Waals surface area contributed by atoms with Gasteiger partial charge in [-0.05, 0) is 19.8 Å². The average molecular weight is 313 g/mol. The van der Waals surface area contributed by atoms with Crippen LogP contribution in [0.15, 0.2) is 0 Å². The van der Waals surface area contributed by atoms with E-state index in [-0.39, 0.29) is 6.04 Å². The van der Waals surface area contributed by atoms with Crippen LogP contribution in [0.2, 0.25) is 0 Å². The molecule has 0 saturated carbocycles. The second kappa shape index (κ2) is 17.3. The van der Waals surface area contributed by atoms with Crippen molar-refractivity contribution in [2.75, 3.05) is 0 Å². The first-order valence-electron chi connectivity index (χ1n) is 10.2. The molecule has 22 heavy (non-hydrogen) atoms. The maximum absolute atomic E-state index is 6.04. The van der Waals surface area contributed by atoms with Gasteiger partial charge in [0.15, 0.2) is 0 Å². The molecule has 0 radical (unpaired) electrons. The molecule has 0 aliphatic rings. The Hall–Kier alpha value is -0.0800. The van der Waals surface area contributed by atoms with Gasteiger partial charge in [-0.2, -0.15) is 0 Å². The van der Waals surface area contributed by atoms with Gasteiger partial charge in [0, 0.05) is 12.1 Å². The van der Waals surface area contributed by atoms with E-state index in [4.69, 9.17) is 11.5 Å². The van der Waals surface area contributed by atoms with Crippen molar-refractivity contribution < 1.29 is 0 Å². The highest BCUT2D eigenvalue weighted by atomic mass is 14.7. The zero-order valence-corrected chi connectivity index (χ0v) is 15.6. The lowest BCUT2D eigenvalue weighted by molar-refractivity contribution is 0.479. The van der Waals surface area contributed by atoms with Crippen molar-refractivity contribution in [1.29, 1.82) is 0 Å². The fourth-order valence-electron chi connectivity index (χ4n) is 3.20. The zero-order chi connectivity index (χ0) is 16.5. The molecule has 4 N–H and O–H groups in total. The SMILES string of the molecule is CCCCCCCCCCCCCCCCC(N)CC(C)N. The average Bonchev–Trinajstić information content (AvgIpc) is 2.47. The van der Waals surface area contributed by atoms with E-state index in [1.54, 1.807) is 0 Å². The highest BCUT2D eigenvalue weighted by Gasteiger charge is 2.04. The van der Waals surface area contributed by atoms with Crippen LogP contribution in [0.1, 0.15) is 117 Å². The fraction of sp³-hybridized carbons (Fsp3) is 1.00. The van der Waals surface area contributed by atoms with Gasteiger partial charge in [0.05, 0.1) is 0 Å². The molecule has 0 saturated heterocycles. The summed E-state index contributed by atoms with van der Waals surface area (Å²) in [5, 5.41) is 0. The van der Waals surface area contributed by atoms with Gasteiger partial charge in [0.25, 0.3) is 0 Å². The van der Waals surface area contributed by atoms with Gasteiger partial charge in [-0.3, -0.25) is 0 Å². The Morgan fingerprint density at radius 1 is 0.591 bits per heavy atom. The summed E-state index contributed by atoms with van der Waals surface area (Å²) in [6.07, 6.45) is 22.0. The van der Waals surface area contributed by atoms with Gasteiger partial charge < -0.3 is 11.5 Å². The fourth-order valence-corrected chi connectivity index (χ4v) is 3.20. The molecule has 2 atom stereocenters. The van der Waals surface area contributed by atoms with Crippen molar-refractivity contribution in [3.63, 3.8) is 0 Å². The van der Waals surface area contributed by atoms with E-state index in [2.05, 4.69) is 6.92 Å². The Morgan fingerprint density at radius 3 is 1.32 bits per heavy atom. The van der Waals surface area contributed by atoms with Crippen molar-refractivity contribution in [3.8, 4) is 0 Å². The van der Waals surface area contributed by atoms with E-state index in [9.17, 15) is 0 Å². The number of nitrogens with two attached hydrogens (primary N) is 2. The quantitative estimate of drug-likeness (QED) is 0.327.